The Morgan fingerprint density at radius 3 is 2.82 bits per heavy atom. The minimum atomic E-state index is 0.274. The van der Waals surface area contributed by atoms with E-state index in [0.717, 1.165) is 11.4 Å². The van der Waals surface area contributed by atoms with E-state index in [2.05, 4.69) is 20.3 Å². The SMILES string of the molecule is CCNc1nc(OC)nc(-c2sccc2Cl)n1. The maximum Gasteiger partial charge on any atom is 0.321 e. The van der Waals surface area contributed by atoms with E-state index in [-0.39, 0.29) is 6.01 Å². The predicted molar refractivity (Wildman–Crippen MR) is 68.9 cm³/mol. The van der Waals surface area contributed by atoms with E-state index in [4.69, 9.17) is 16.3 Å². The van der Waals surface area contributed by atoms with Gasteiger partial charge in [0.05, 0.1) is 17.0 Å². The molecule has 0 spiro atoms. The molecule has 0 unspecified atom stereocenters. The van der Waals surface area contributed by atoms with E-state index in [1.165, 1.54) is 18.4 Å². The van der Waals surface area contributed by atoms with E-state index < -0.39 is 0 Å². The number of hydrogen-bond donors (Lipinski definition) is 1. The summed E-state index contributed by atoms with van der Waals surface area (Å²) in [6, 6.07) is 2.08. The normalized spacial score (nSPS) is 10.3. The number of halogens is 1. The maximum atomic E-state index is 6.05. The van der Waals surface area contributed by atoms with Crippen LogP contribution in [0.1, 0.15) is 6.92 Å². The number of hydrogen-bond acceptors (Lipinski definition) is 6. The van der Waals surface area contributed by atoms with Crippen molar-refractivity contribution in [2.75, 3.05) is 19.0 Å². The smallest absolute Gasteiger partial charge is 0.321 e. The Morgan fingerprint density at radius 1 is 1.41 bits per heavy atom. The van der Waals surface area contributed by atoms with Gasteiger partial charge in [-0.25, -0.2) is 0 Å². The summed E-state index contributed by atoms with van der Waals surface area (Å²) in [6.07, 6.45) is 0. The van der Waals surface area contributed by atoms with E-state index >= 15 is 0 Å². The molecule has 0 aliphatic heterocycles. The van der Waals surface area contributed by atoms with Crippen LogP contribution in [-0.2, 0) is 0 Å². The van der Waals surface area contributed by atoms with Gasteiger partial charge in [-0.3, -0.25) is 0 Å². The number of aromatic nitrogens is 3. The summed E-state index contributed by atoms with van der Waals surface area (Å²) < 4.78 is 5.04. The molecule has 0 amide bonds. The number of rotatable bonds is 4. The highest BCUT2D eigenvalue weighted by atomic mass is 35.5. The largest absolute Gasteiger partial charge is 0.467 e. The Hall–Kier alpha value is -1.40. The first-order chi connectivity index (χ1) is 8.24. The van der Waals surface area contributed by atoms with Gasteiger partial charge in [-0.2, -0.15) is 15.0 Å². The fourth-order valence-electron chi connectivity index (χ4n) is 1.24. The molecule has 0 fully saturated rings. The van der Waals surface area contributed by atoms with Gasteiger partial charge >= 0.3 is 6.01 Å². The number of nitrogens with zero attached hydrogens (tertiary/aromatic N) is 3. The van der Waals surface area contributed by atoms with Gasteiger partial charge in [-0.15, -0.1) is 11.3 Å². The van der Waals surface area contributed by atoms with Crippen molar-refractivity contribution in [1.29, 1.82) is 0 Å². The fourth-order valence-corrected chi connectivity index (χ4v) is 2.31. The van der Waals surface area contributed by atoms with E-state index in [1.807, 2.05) is 18.4 Å². The van der Waals surface area contributed by atoms with Crippen LogP contribution < -0.4 is 10.1 Å². The van der Waals surface area contributed by atoms with Crippen molar-refractivity contribution in [3.63, 3.8) is 0 Å². The zero-order valence-corrected chi connectivity index (χ0v) is 11.0. The Bertz CT molecular complexity index is 517. The molecule has 1 N–H and O–H groups in total. The molecule has 2 aromatic heterocycles. The molecule has 0 aromatic carbocycles. The van der Waals surface area contributed by atoms with Crippen molar-refractivity contribution in [2.24, 2.45) is 0 Å². The van der Waals surface area contributed by atoms with Crippen molar-refractivity contribution < 1.29 is 4.74 Å². The lowest BCUT2D eigenvalue weighted by Gasteiger charge is -2.05. The van der Waals surface area contributed by atoms with Crippen LogP contribution in [0.5, 0.6) is 6.01 Å². The standard InChI is InChI=1S/C10H11ClN4OS/c1-3-12-9-13-8(14-10(15-9)16-2)7-6(11)4-5-17-7/h4-5H,3H2,1-2H3,(H,12,13,14,15). The van der Waals surface area contributed by atoms with E-state index in [1.54, 1.807) is 0 Å². The molecule has 0 aliphatic carbocycles. The van der Waals surface area contributed by atoms with Crippen LogP contribution in [0, 0.1) is 0 Å². The summed E-state index contributed by atoms with van der Waals surface area (Å²) in [5.41, 5.74) is 0. The van der Waals surface area contributed by atoms with Crippen molar-refractivity contribution in [2.45, 2.75) is 6.92 Å². The second-order valence-corrected chi connectivity index (χ2v) is 4.42. The lowest BCUT2D eigenvalue weighted by atomic mass is 10.4. The third-order valence-corrected chi connectivity index (χ3v) is 3.29. The molecule has 90 valence electrons. The molecule has 0 saturated carbocycles. The minimum Gasteiger partial charge on any atom is -0.467 e. The molecule has 2 aromatic rings. The molecule has 0 aliphatic rings. The first kappa shape index (κ1) is 12.1. The molecule has 0 radical (unpaired) electrons. The summed E-state index contributed by atoms with van der Waals surface area (Å²) in [7, 11) is 1.52. The van der Waals surface area contributed by atoms with Gasteiger partial charge in [0.25, 0.3) is 0 Å². The van der Waals surface area contributed by atoms with Crippen LogP contribution in [0.2, 0.25) is 5.02 Å². The Kier molecular flexibility index (Phi) is 3.75. The van der Waals surface area contributed by atoms with Crippen LogP contribution in [0.25, 0.3) is 10.7 Å². The van der Waals surface area contributed by atoms with Gasteiger partial charge in [-0.1, -0.05) is 11.6 Å². The molecular weight excluding hydrogens is 260 g/mol. The number of nitrogens with one attached hydrogen (secondary N) is 1. The summed E-state index contributed by atoms with van der Waals surface area (Å²) in [5.74, 6) is 1.01. The van der Waals surface area contributed by atoms with Crippen LogP contribution in [0.4, 0.5) is 5.95 Å². The lowest BCUT2D eigenvalue weighted by Crippen LogP contribution is -2.06. The zero-order valence-electron chi connectivity index (χ0n) is 9.40. The Balaban J connectivity index is 2.46. The number of anilines is 1. The second-order valence-electron chi connectivity index (χ2n) is 3.10. The van der Waals surface area contributed by atoms with Crippen LogP contribution in [0.15, 0.2) is 11.4 Å². The first-order valence-electron chi connectivity index (χ1n) is 5.02. The molecule has 2 heterocycles. The molecule has 0 saturated heterocycles. The van der Waals surface area contributed by atoms with Gasteiger partial charge in [-0.05, 0) is 18.4 Å². The quantitative estimate of drug-likeness (QED) is 0.926. The van der Waals surface area contributed by atoms with Crippen molar-refractivity contribution in [3.05, 3.63) is 16.5 Å². The summed E-state index contributed by atoms with van der Waals surface area (Å²) in [4.78, 5) is 13.4. The number of ether oxygens (including phenoxy) is 1. The fraction of sp³-hybridized carbons (Fsp3) is 0.300. The van der Waals surface area contributed by atoms with Crippen LogP contribution in [0.3, 0.4) is 0 Å². The molecule has 7 heteroatoms. The molecule has 17 heavy (non-hydrogen) atoms. The molecule has 0 bridgehead atoms. The lowest BCUT2D eigenvalue weighted by molar-refractivity contribution is 0.379. The van der Waals surface area contributed by atoms with Crippen LogP contribution in [-0.4, -0.2) is 28.6 Å². The van der Waals surface area contributed by atoms with Crippen LogP contribution >= 0.6 is 22.9 Å². The molecule has 5 nitrogen and oxygen atoms in total. The maximum absolute atomic E-state index is 6.05. The highest BCUT2D eigenvalue weighted by molar-refractivity contribution is 7.14. The predicted octanol–water partition coefficient (Wildman–Crippen LogP) is 2.69. The molecule has 0 atom stereocenters. The zero-order chi connectivity index (χ0) is 12.3. The van der Waals surface area contributed by atoms with E-state index in [9.17, 15) is 0 Å². The number of methoxy groups -OCH3 is 1. The van der Waals surface area contributed by atoms with Gasteiger partial charge in [0.2, 0.25) is 5.95 Å². The average molecular weight is 271 g/mol. The number of thiophene rings is 1. The highest BCUT2D eigenvalue weighted by Gasteiger charge is 2.12. The monoisotopic (exact) mass is 270 g/mol. The summed E-state index contributed by atoms with van der Waals surface area (Å²) in [5, 5.41) is 5.54. The van der Waals surface area contributed by atoms with Gasteiger partial charge in [0, 0.05) is 6.54 Å². The summed E-state index contributed by atoms with van der Waals surface area (Å²) >= 11 is 7.53. The van der Waals surface area contributed by atoms with Gasteiger partial charge in [0.1, 0.15) is 0 Å². The molecule has 2 rings (SSSR count). The first-order valence-corrected chi connectivity index (χ1v) is 6.27. The third-order valence-electron chi connectivity index (χ3n) is 1.95. The molecular formula is C10H11ClN4OS. The minimum absolute atomic E-state index is 0.274. The second kappa shape index (κ2) is 5.29. The Morgan fingerprint density at radius 2 is 2.24 bits per heavy atom. The Labute approximate surface area is 108 Å². The summed E-state index contributed by atoms with van der Waals surface area (Å²) in [6.45, 7) is 2.69. The highest BCUT2D eigenvalue weighted by Crippen LogP contribution is 2.31. The van der Waals surface area contributed by atoms with Gasteiger partial charge in [0.15, 0.2) is 5.82 Å². The van der Waals surface area contributed by atoms with Crippen molar-refractivity contribution in [1.82, 2.24) is 15.0 Å². The van der Waals surface area contributed by atoms with Crippen molar-refractivity contribution in [3.8, 4) is 16.7 Å². The third kappa shape index (κ3) is 2.65. The average Bonchev–Trinajstić information content (AvgIpc) is 2.75. The van der Waals surface area contributed by atoms with Crippen molar-refractivity contribution >= 4 is 28.9 Å². The topological polar surface area (TPSA) is 59.9 Å². The van der Waals surface area contributed by atoms with Gasteiger partial charge < -0.3 is 10.1 Å². The van der Waals surface area contributed by atoms with E-state index in [0.29, 0.717) is 16.8 Å².